The summed E-state index contributed by atoms with van der Waals surface area (Å²) < 4.78 is 4.12. The minimum absolute atomic E-state index is 0.252. The summed E-state index contributed by atoms with van der Waals surface area (Å²) in [5, 5.41) is 11.3. The van der Waals surface area contributed by atoms with Crippen LogP contribution in [-0.2, 0) is 20.1 Å². The molecule has 6 nitrogen and oxygen atoms in total. The van der Waals surface area contributed by atoms with E-state index < -0.39 is 0 Å². The number of halogens is 2. The fraction of sp³-hybridized carbons (Fsp3) is 0.364. The molecule has 2 aromatic rings. The van der Waals surface area contributed by atoms with Crippen molar-refractivity contribution in [1.29, 1.82) is 0 Å². The van der Waals surface area contributed by atoms with Gasteiger partial charge in [0.05, 0.1) is 34.1 Å². The van der Waals surface area contributed by atoms with Gasteiger partial charge in [-0.25, -0.2) is 0 Å². The highest BCUT2D eigenvalue weighted by atomic mass is 79.9. The number of carbonyl (C=O) groups excluding carboxylic acids is 1. The van der Waals surface area contributed by atoms with Crippen molar-refractivity contribution in [3.05, 3.63) is 33.3 Å². The van der Waals surface area contributed by atoms with Gasteiger partial charge in [-0.1, -0.05) is 11.6 Å². The van der Waals surface area contributed by atoms with E-state index in [2.05, 4.69) is 31.4 Å². The Morgan fingerprint density at radius 2 is 2.21 bits per heavy atom. The van der Waals surface area contributed by atoms with Gasteiger partial charge in [0.1, 0.15) is 5.69 Å². The second-order valence-corrected chi connectivity index (χ2v) is 5.16. The standard InChI is InChI=1S/C11H13BrClN5O/c1-3-18-10(8(13)5-16-18)11(19)14-6-9-7(12)4-15-17(9)2/h4-5H,3,6H2,1-2H3,(H,14,19). The minimum atomic E-state index is -0.252. The van der Waals surface area contributed by atoms with E-state index in [-0.39, 0.29) is 5.91 Å². The number of hydrogen-bond donors (Lipinski definition) is 1. The van der Waals surface area contributed by atoms with Gasteiger partial charge in [-0.15, -0.1) is 0 Å². The molecule has 0 atom stereocenters. The summed E-state index contributed by atoms with van der Waals surface area (Å²) in [6.45, 7) is 2.85. The van der Waals surface area contributed by atoms with Crippen LogP contribution < -0.4 is 5.32 Å². The second-order valence-electron chi connectivity index (χ2n) is 3.90. The van der Waals surface area contributed by atoms with E-state index in [0.717, 1.165) is 10.2 Å². The van der Waals surface area contributed by atoms with Crippen molar-refractivity contribution >= 4 is 33.4 Å². The van der Waals surface area contributed by atoms with E-state index in [1.54, 1.807) is 15.6 Å². The molecule has 1 amide bonds. The van der Waals surface area contributed by atoms with Crippen LogP contribution in [0.15, 0.2) is 16.9 Å². The lowest BCUT2D eigenvalue weighted by molar-refractivity contribution is 0.0939. The summed E-state index contributed by atoms with van der Waals surface area (Å²) in [6.07, 6.45) is 3.16. The van der Waals surface area contributed by atoms with Gasteiger partial charge in [-0.2, -0.15) is 10.2 Å². The molecule has 0 unspecified atom stereocenters. The highest BCUT2D eigenvalue weighted by Gasteiger charge is 2.17. The molecule has 19 heavy (non-hydrogen) atoms. The van der Waals surface area contributed by atoms with Crippen molar-refractivity contribution in [1.82, 2.24) is 24.9 Å². The van der Waals surface area contributed by atoms with Crippen LogP contribution in [0.3, 0.4) is 0 Å². The molecule has 102 valence electrons. The summed E-state index contributed by atoms with van der Waals surface area (Å²) in [5.41, 5.74) is 1.26. The van der Waals surface area contributed by atoms with Crippen molar-refractivity contribution in [3.63, 3.8) is 0 Å². The second kappa shape index (κ2) is 5.75. The minimum Gasteiger partial charge on any atom is -0.345 e. The Bertz CT molecular complexity index is 587. The first-order valence-corrected chi connectivity index (χ1v) is 6.87. The zero-order chi connectivity index (χ0) is 14.0. The van der Waals surface area contributed by atoms with Gasteiger partial charge < -0.3 is 5.32 Å². The van der Waals surface area contributed by atoms with Gasteiger partial charge in [0.15, 0.2) is 0 Å². The van der Waals surface area contributed by atoms with Gasteiger partial charge in [-0.3, -0.25) is 14.2 Å². The lowest BCUT2D eigenvalue weighted by atomic mass is 10.3. The lowest BCUT2D eigenvalue weighted by Gasteiger charge is -2.08. The molecule has 0 saturated heterocycles. The fourth-order valence-electron chi connectivity index (χ4n) is 1.71. The first-order valence-electron chi connectivity index (χ1n) is 5.70. The van der Waals surface area contributed by atoms with E-state index in [4.69, 9.17) is 11.6 Å². The molecule has 0 spiro atoms. The van der Waals surface area contributed by atoms with Gasteiger partial charge in [0.2, 0.25) is 0 Å². The molecule has 0 aromatic carbocycles. The normalized spacial score (nSPS) is 10.7. The molecular weight excluding hydrogens is 334 g/mol. The zero-order valence-electron chi connectivity index (χ0n) is 10.5. The topological polar surface area (TPSA) is 64.7 Å². The van der Waals surface area contributed by atoms with E-state index in [9.17, 15) is 4.79 Å². The molecular formula is C11H13BrClN5O. The van der Waals surface area contributed by atoms with Crippen molar-refractivity contribution in [2.24, 2.45) is 7.05 Å². The number of carbonyl (C=O) groups is 1. The Kier molecular flexibility index (Phi) is 4.26. The third kappa shape index (κ3) is 2.82. The van der Waals surface area contributed by atoms with E-state index >= 15 is 0 Å². The molecule has 0 aliphatic heterocycles. The highest BCUT2D eigenvalue weighted by Crippen LogP contribution is 2.17. The van der Waals surface area contributed by atoms with Gasteiger partial charge in [0, 0.05) is 13.6 Å². The smallest absolute Gasteiger partial charge is 0.271 e. The van der Waals surface area contributed by atoms with Gasteiger partial charge in [-0.05, 0) is 22.9 Å². The van der Waals surface area contributed by atoms with Crippen molar-refractivity contribution in [3.8, 4) is 0 Å². The predicted octanol–water partition coefficient (Wildman–Crippen LogP) is 1.98. The Balaban J connectivity index is 2.12. The summed E-state index contributed by atoms with van der Waals surface area (Å²) in [7, 11) is 1.82. The van der Waals surface area contributed by atoms with E-state index in [1.807, 2.05) is 14.0 Å². The number of aryl methyl sites for hydroxylation is 2. The van der Waals surface area contributed by atoms with Gasteiger partial charge in [0.25, 0.3) is 5.91 Å². The van der Waals surface area contributed by atoms with Crippen molar-refractivity contribution in [2.75, 3.05) is 0 Å². The largest absolute Gasteiger partial charge is 0.345 e. The Morgan fingerprint density at radius 3 is 2.79 bits per heavy atom. The fourth-order valence-corrected chi connectivity index (χ4v) is 2.43. The van der Waals surface area contributed by atoms with E-state index in [1.165, 1.54) is 6.20 Å². The van der Waals surface area contributed by atoms with Crippen LogP contribution >= 0.6 is 27.5 Å². The zero-order valence-corrected chi connectivity index (χ0v) is 12.9. The van der Waals surface area contributed by atoms with Gasteiger partial charge >= 0.3 is 0 Å². The van der Waals surface area contributed by atoms with Crippen LogP contribution in [0.1, 0.15) is 23.1 Å². The number of nitrogens with zero attached hydrogens (tertiary/aromatic N) is 4. The molecule has 2 aromatic heterocycles. The monoisotopic (exact) mass is 345 g/mol. The summed E-state index contributed by atoms with van der Waals surface area (Å²) in [4.78, 5) is 12.1. The number of amides is 1. The van der Waals surface area contributed by atoms with Crippen LogP contribution in [-0.4, -0.2) is 25.5 Å². The summed E-state index contributed by atoms with van der Waals surface area (Å²) in [6, 6.07) is 0. The average molecular weight is 347 g/mol. The maximum atomic E-state index is 12.1. The molecule has 0 bridgehead atoms. The van der Waals surface area contributed by atoms with Crippen LogP contribution in [0.5, 0.6) is 0 Å². The number of hydrogen-bond acceptors (Lipinski definition) is 3. The third-order valence-electron chi connectivity index (χ3n) is 2.74. The van der Waals surface area contributed by atoms with E-state index in [0.29, 0.717) is 23.8 Å². The third-order valence-corrected chi connectivity index (χ3v) is 3.68. The quantitative estimate of drug-likeness (QED) is 0.920. The van der Waals surface area contributed by atoms with Crippen LogP contribution in [0.4, 0.5) is 0 Å². The number of rotatable bonds is 4. The Labute approximate surface area is 123 Å². The first kappa shape index (κ1) is 14.1. The maximum Gasteiger partial charge on any atom is 0.271 e. The number of nitrogens with one attached hydrogen (secondary N) is 1. The lowest BCUT2D eigenvalue weighted by Crippen LogP contribution is -2.27. The maximum absolute atomic E-state index is 12.1. The highest BCUT2D eigenvalue weighted by molar-refractivity contribution is 9.10. The molecule has 2 rings (SSSR count). The van der Waals surface area contributed by atoms with Crippen LogP contribution in [0.25, 0.3) is 0 Å². The molecule has 0 aliphatic rings. The molecule has 0 radical (unpaired) electrons. The Morgan fingerprint density at radius 1 is 1.47 bits per heavy atom. The first-order chi connectivity index (χ1) is 9.04. The summed E-state index contributed by atoms with van der Waals surface area (Å²) in [5.74, 6) is -0.252. The van der Waals surface area contributed by atoms with Crippen molar-refractivity contribution in [2.45, 2.75) is 20.0 Å². The average Bonchev–Trinajstić information content (AvgIpc) is 2.91. The molecule has 0 saturated carbocycles. The van der Waals surface area contributed by atoms with Crippen LogP contribution in [0, 0.1) is 0 Å². The van der Waals surface area contributed by atoms with Crippen molar-refractivity contribution < 1.29 is 4.79 Å². The SMILES string of the molecule is CCn1ncc(Cl)c1C(=O)NCc1c(Br)cnn1C. The molecule has 2 heterocycles. The molecule has 1 N–H and O–H groups in total. The predicted molar refractivity (Wildman–Crippen MR) is 75.0 cm³/mol. The molecule has 0 fully saturated rings. The Hall–Kier alpha value is -1.34. The van der Waals surface area contributed by atoms with Crippen LogP contribution in [0.2, 0.25) is 5.02 Å². The molecule has 0 aliphatic carbocycles. The molecule has 8 heteroatoms. The summed E-state index contributed by atoms with van der Waals surface area (Å²) >= 11 is 9.35. The number of aromatic nitrogens is 4.